The van der Waals surface area contributed by atoms with Crippen LogP contribution in [0.25, 0.3) is 0 Å². The maximum Gasteiger partial charge on any atom is 0.252 e. The molecule has 2 atom stereocenters. The van der Waals surface area contributed by atoms with Gasteiger partial charge >= 0.3 is 0 Å². The number of carbonyl (C=O) groups excluding carboxylic acids is 1. The molecule has 0 aliphatic carbocycles. The molecule has 0 fully saturated rings. The van der Waals surface area contributed by atoms with Crippen LogP contribution < -0.4 is 5.32 Å². The van der Waals surface area contributed by atoms with Crippen molar-refractivity contribution in [2.45, 2.75) is 39.8 Å². The van der Waals surface area contributed by atoms with Crippen LogP contribution in [0.3, 0.4) is 0 Å². The summed E-state index contributed by atoms with van der Waals surface area (Å²) in [4.78, 5) is 18.7. The van der Waals surface area contributed by atoms with Crippen molar-refractivity contribution in [3.05, 3.63) is 142 Å². The van der Waals surface area contributed by atoms with Gasteiger partial charge in [0.1, 0.15) is 0 Å². The lowest BCUT2D eigenvalue weighted by Crippen LogP contribution is -2.33. The van der Waals surface area contributed by atoms with E-state index in [2.05, 4.69) is 62.5 Å². The maximum absolute atomic E-state index is 13.5. The first kappa shape index (κ1) is 24.2. The fourth-order valence-corrected chi connectivity index (χ4v) is 4.47. The number of hydrogen-bond acceptors (Lipinski definition) is 2. The Morgan fingerprint density at radius 2 is 1.17 bits per heavy atom. The van der Waals surface area contributed by atoms with E-state index in [1.807, 2.05) is 73.8 Å². The number of benzene rings is 4. The Morgan fingerprint density at radius 1 is 0.657 bits per heavy atom. The minimum absolute atomic E-state index is 0.0963. The molecule has 4 rings (SSSR count). The molecule has 0 aromatic heterocycles. The van der Waals surface area contributed by atoms with Gasteiger partial charge in [0.2, 0.25) is 0 Å². The van der Waals surface area contributed by atoms with Gasteiger partial charge < -0.3 is 5.32 Å². The minimum atomic E-state index is -0.343. The SMILES string of the molecule is Cc1ccccc1/C=N\C(c1ccccc1C)C(NC(=O)c1ccccc1C)c1ccccc1C. The molecule has 0 aliphatic rings. The highest BCUT2D eigenvalue weighted by Crippen LogP contribution is 2.36. The van der Waals surface area contributed by atoms with Gasteiger partial charge in [0.05, 0.1) is 12.1 Å². The van der Waals surface area contributed by atoms with Crippen molar-refractivity contribution in [3.63, 3.8) is 0 Å². The number of amides is 1. The fraction of sp³-hybridized carbons (Fsp3) is 0.188. The quantitative estimate of drug-likeness (QED) is 0.290. The van der Waals surface area contributed by atoms with Crippen molar-refractivity contribution >= 4 is 12.1 Å². The van der Waals surface area contributed by atoms with Crippen LogP contribution in [0.4, 0.5) is 0 Å². The first-order valence-electron chi connectivity index (χ1n) is 12.0. The molecule has 0 spiro atoms. The molecule has 1 amide bonds. The minimum Gasteiger partial charge on any atom is -0.343 e. The zero-order chi connectivity index (χ0) is 24.8. The van der Waals surface area contributed by atoms with Crippen molar-refractivity contribution in [2.24, 2.45) is 4.99 Å². The van der Waals surface area contributed by atoms with E-state index in [4.69, 9.17) is 4.99 Å². The average molecular weight is 461 g/mol. The zero-order valence-corrected chi connectivity index (χ0v) is 20.8. The van der Waals surface area contributed by atoms with E-state index in [0.29, 0.717) is 5.56 Å². The molecule has 4 aromatic rings. The van der Waals surface area contributed by atoms with Crippen LogP contribution in [0.15, 0.2) is 102 Å². The van der Waals surface area contributed by atoms with Crippen molar-refractivity contribution in [3.8, 4) is 0 Å². The Balaban J connectivity index is 1.85. The Morgan fingerprint density at radius 3 is 1.77 bits per heavy atom. The predicted molar refractivity (Wildman–Crippen MR) is 145 cm³/mol. The summed E-state index contributed by atoms with van der Waals surface area (Å²) >= 11 is 0. The molecule has 3 nitrogen and oxygen atoms in total. The van der Waals surface area contributed by atoms with E-state index >= 15 is 0 Å². The lowest BCUT2D eigenvalue weighted by Gasteiger charge is -2.29. The molecule has 4 aromatic carbocycles. The maximum atomic E-state index is 13.5. The second-order valence-corrected chi connectivity index (χ2v) is 9.06. The van der Waals surface area contributed by atoms with E-state index in [0.717, 1.165) is 38.9 Å². The summed E-state index contributed by atoms with van der Waals surface area (Å²) in [6.07, 6.45) is 1.94. The summed E-state index contributed by atoms with van der Waals surface area (Å²) in [5.41, 5.74) is 8.27. The Kier molecular flexibility index (Phi) is 7.57. The molecule has 0 heterocycles. The van der Waals surface area contributed by atoms with E-state index in [9.17, 15) is 4.79 Å². The van der Waals surface area contributed by atoms with Gasteiger partial charge in [-0.3, -0.25) is 9.79 Å². The van der Waals surface area contributed by atoms with Crippen molar-refractivity contribution in [1.82, 2.24) is 5.32 Å². The predicted octanol–water partition coefficient (Wildman–Crippen LogP) is 7.25. The largest absolute Gasteiger partial charge is 0.343 e. The van der Waals surface area contributed by atoms with Crippen LogP contribution in [0.1, 0.15) is 61.4 Å². The van der Waals surface area contributed by atoms with E-state index in [1.165, 1.54) is 0 Å². The lowest BCUT2D eigenvalue weighted by atomic mass is 9.88. The third-order valence-corrected chi connectivity index (χ3v) is 6.59. The molecular weight excluding hydrogens is 428 g/mol. The molecule has 0 saturated heterocycles. The smallest absolute Gasteiger partial charge is 0.252 e. The molecule has 0 bridgehead atoms. The molecule has 3 heteroatoms. The number of nitrogens with one attached hydrogen (secondary N) is 1. The molecule has 1 N–H and O–H groups in total. The number of nitrogens with zero attached hydrogens (tertiary/aromatic N) is 1. The molecular formula is C32H32N2O. The summed E-state index contributed by atoms with van der Waals surface area (Å²) in [6.45, 7) is 8.24. The van der Waals surface area contributed by atoms with E-state index in [-0.39, 0.29) is 18.0 Å². The van der Waals surface area contributed by atoms with Crippen molar-refractivity contribution in [1.29, 1.82) is 0 Å². The van der Waals surface area contributed by atoms with E-state index < -0.39 is 0 Å². The normalized spacial score (nSPS) is 12.9. The standard InChI is InChI=1S/C32H32N2O/c1-22-13-5-9-17-26(22)21-33-30(27-18-10-6-14-23(27)2)31(28-19-11-7-15-24(28)3)34-32(35)29-20-12-8-16-25(29)4/h5-21,30-31H,1-4H3,(H,34,35)/b33-21-. The highest BCUT2D eigenvalue weighted by molar-refractivity contribution is 5.96. The van der Waals surface area contributed by atoms with Crippen molar-refractivity contribution < 1.29 is 4.79 Å². The van der Waals surface area contributed by atoms with Gasteiger partial charge in [-0.2, -0.15) is 0 Å². The van der Waals surface area contributed by atoms with Crippen LogP contribution in [0.5, 0.6) is 0 Å². The number of aliphatic imine (C=N–C) groups is 1. The third-order valence-electron chi connectivity index (χ3n) is 6.59. The Hall–Kier alpha value is -3.98. The topological polar surface area (TPSA) is 41.5 Å². The van der Waals surface area contributed by atoms with Gasteiger partial charge in [0.15, 0.2) is 0 Å². The van der Waals surface area contributed by atoms with Crippen molar-refractivity contribution in [2.75, 3.05) is 0 Å². The highest BCUT2D eigenvalue weighted by Gasteiger charge is 2.29. The summed E-state index contributed by atoms with van der Waals surface area (Å²) in [5, 5.41) is 3.36. The first-order chi connectivity index (χ1) is 17.0. The van der Waals surface area contributed by atoms with Gasteiger partial charge in [0, 0.05) is 11.8 Å². The van der Waals surface area contributed by atoms with Crippen LogP contribution in [0, 0.1) is 27.7 Å². The Bertz CT molecular complexity index is 1360. The summed E-state index contributed by atoms with van der Waals surface area (Å²) in [6, 6.07) is 31.8. The first-order valence-corrected chi connectivity index (χ1v) is 12.0. The third kappa shape index (κ3) is 5.58. The van der Waals surface area contributed by atoms with Crippen LogP contribution in [0.2, 0.25) is 0 Å². The number of aryl methyl sites for hydroxylation is 4. The number of hydrogen-bond donors (Lipinski definition) is 1. The van der Waals surface area contributed by atoms with Gasteiger partial charge in [-0.1, -0.05) is 91.0 Å². The molecule has 2 unspecified atom stereocenters. The Labute approximate surface area is 208 Å². The van der Waals surface area contributed by atoms with Gasteiger partial charge in [-0.15, -0.1) is 0 Å². The highest BCUT2D eigenvalue weighted by atomic mass is 16.1. The van der Waals surface area contributed by atoms with Gasteiger partial charge in [0.25, 0.3) is 5.91 Å². The van der Waals surface area contributed by atoms with Gasteiger partial charge in [-0.25, -0.2) is 0 Å². The zero-order valence-electron chi connectivity index (χ0n) is 20.8. The molecule has 176 valence electrons. The van der Waals surface area contributed by atoms with Crippen LogP contribution in [-0.4, -0.2) is 12.1 Å². The summed E-state index contributed by atoms with van der Waals surface area (Å²) in [5.74, 6) is -0.0963. The lowest BCUT2D eigenvalue weighted by molar-refractivity contribution is 0.0930. The second-order valence-electron chi connectivity index (χ2n) is 9.06. The summed E-state index contributed by atoms with van der Waals surface area (Å²) in [7, 11) is 0. The molecule has 0 radical (unpaired) electrons. The van der Waals surface area contributed by atoms with Gasteiger partial charge in [-0.05, 0) is 72.7 Å². The van der Waals surface area contributed by atoms with Crippen LogP contribution >= 0.6 is 0 Å². The molecule has 0 aliphatic heterocycles. The number of rotatable bonds is 7. The average Bonchev–Trinajstić information content (AvgIpc) is 2.86. The monoisotopic (exact) mass is 460 g/mol. The second kappa shape index (κ2) is 11.0. The molecule has 35 heavy (non-hydrogen) atoms. The summed E-state index contributed by atoms with van der Waals surface area (Å²) < 4.78 is 0. The molecule has 0 saturated carbocycles. The van der Waals surface area contributed by atoms with E-state index in [1.54, 1.807) is 0 Å². The van der Waals surface area contributed by atoms with Crippen LogP contribution in [-0.2, 0) is 0 Å². The fourth-order valence-electron chi connectivity index (χ4n) is 4.47. The number of carbonyl (C=O) groups is 1.